The van der Waals surface area contributed by atoms with Crippen LogP contribution in [0.2, 0.25) is 0 Å². The molecular weight excluding hydrogens is 313 g/mol. The molecule has 1 fully saturated rings. The Kier molecular flexibility index (Phi) is 4.04. The lowest BCUT2D eigenvalue weighted by molar-refractivity contribution is -0.112. The fourth-order valence-electron chi connectivity index (χ4n) is 2.11. The minimum Gasteiger partial charge on any atom is -0.315 e. The summed E-state index contributed by atoms with van der Waals surface area (Å²) in [6.45, 7) is 2.23. The Morgan fingerprint density at radius 3 is 2.63 bits per heavy atom. The Hall–Kier alpha value is -1.23. The van der Waals surface area contributed by atoms with Gasteiger partial charge in [-0.1, -0.05) is 0 Å². The third-order valence-corrected chi connectivity index (χ3v) is 4.28. The van der Waals surface area contributed by atoms with Crippen LogP contribution in [0.1, 0.15) is 24.8 Å². The first-order valence-corrected chi connectivity index (χ1v) is 6.94. The van der Waals surface area contributed by atoms with Gasteiger partial charge in [-0.3, -0.25) is 4.79 Å². The molecule has 0 N–H and O–H groups in total. The monoisotopic (exact) mass is 327 g/mol. The van der Waals surface area contributed by atoms with Gasteiger partial charge in [0.05, 0.1) is 4.47 Å². The molecule has 0 bridgehead atoms. The Balaban J connectivity index is 2.15. The van der Waals surface area contributed by atoms with Crippen molar-refractivity contribution in [3.63, 3.8) is 0 Å². The third kappa shape index (κ3) is 3.03. The molecule has 0 spiro atoms. The molecule has 1 aromatic carbocycles. The number of nitrogens with zero attached hydrogens (tertiary/aromatic N) is 1. The maximum atomic E-state index is 13.4. The van der Waals surface area contributed by atoms with Gasteiger partial charge in [0, 0.05) is 17.6 Å². The second kappa shape index (κ2) is 5.41. The van der Waals surface area contributed by atoms with Crippen LogP contribution in [0.15, 0.2) is 16.6 Å². The maximum Gasteiger partial charge on any atom is 0.214 e. The molecule has 5 heteroatoms. The molecule has 1 aromatic rings. The Morgan fingerprint density at radius 1 is 1.42 bits per heavy atom. The average molecular weight is 328 g/mol. The number of halogens is 2. The molecule has 3 nitrogen and oxygen atoms in total. The van der Waals surface area contributed by atoms with Crippen molar-refractivity contribution >= 4 is 34.3 Å². The summed E-state index contributed by atoms with van der Waals surface area (Å²) >= 11 is 3.12. The molecule has 2 rings (SSSR count). The molecular formula is C14H15BrFNO2. The molecule has 1 aliphatic rings. The Morgan fingerprint density at radius 2 is 2.11 bits per heavy atom. The van der Waals surface area contributed by atoms with E-state index in [0.29, 0.717) is 28.7 Å². The molecule has 19 heavy (non-hydrogen) atoms. The predicted molar refractivity (Wildman–Crippen MR) is 74.6 cm³/mol. The van der Waals surface area contributed by atoms with Crippen LogP contribution in [-0.4, -0.2) is 19.2 Å². The second-order valence-corrected chi connectivity index (χ2v) is 5.94. The van der Waals surface area contributed by atoms with E-state index in [1.54, 1.807) is 13.0 Å². The van der Waals surface area contributed by atoms with Gasteiger partial charge in [-0.2, -0.15) is 0 Å². The van der Waals surface area contributed by atoms with E-state index in [1.807, 2.05) is 0 Å². The number of anilines is 1. The van der Waals surface area contributed by atoms with E-state index >= 15 is 0 Å². The topological polar surface area (TPSA) is 37.4 Å². The van der Waals surface area contributed by atoms with Gasteiger partial charge in [0.2, 0.25) is 6.41 Å². The van der Waals surface area contributed by atoms with Crippen molar-refractivity contribution in [2.45, 2.75) is 26.2 Å². The number of aldehydes is 1. The molecule has 1 aliphatic carbocycles. The van der Waals surface area contributed by atoms with Crippen LogP contribution in [0.25, 0.3) is 0 Å². The van der Waals surface area contributed by atoms with E-state index in [4.69, 9.17) is 0 Å². The zero-order valence-corrected chi connectivity index (χ0v) is 12.2. The van der Waals surface area contributed by atoms with Crippen molar-refractivity contribution < 1.29 is 14.0 Å². The van der Waals surface area contributed by atoms with Crippen molar-refractivity contribution in [3.05, 3.63) is 28.0 Å². The zero-order valence-electron chi connectivity index (χ0n) is 10.7. The number of aryl methyl sites for hydroxylation is 1. The SMILES string of the molecule is Cc1cc(F)c(Br)cc1N(C=O)CCC1(C=O)CC1. The van der Waals surface area contributed by atoms with Gasteiger partial charge in [-0.15, -0.1) is 0 Å². The zero-order chi connectivity index (χ0) is 14.0. The maximum absolute atomic E-state index is 13.4. The van der Waals surface area contributed by atoms with Gasteiger partial charge >= 0.3 is 0 Å². The fourth-order valence-corrected chi connectivity index (χ4v) is 2.44. The predicted octanol–water partition coefficient (Wildman–Crippen LogP) is 3.23. The quantitative estimate of drug-likeness (QED) is 0.752. The number of hydrogen-bond donors (Lipinski definition) is 0. The fraction of sp³-hybridized carbons (Fsp3) is 0.429. The minimum atomic E-state index is -0.348. The molecule has 0 aromatic heterocycles. The summed E-state index contributed by atoms with van der Waals surface area (Å²) in [5, 5.41) is 0. The largest absolute Gasteiger partial charge is 0.315 e. The summed E-state index contributed by atoms with van der Waals surface area (Å²) in [5.74, 6) is -0.348. The summed E-state index contributed by atoms with van der Waals surface area (Å²) in [5.41, 5.74) is 1.14. The first-order chi connectivity index (χ1) is 9.01. The lowest BCUT2D eigenvalue weighted by Crippen LogP contribution is -2.26. The summed E-state index contributed by atoms with van der Waals surface area (Å²) in [7, 11) is 0. The number of carbonyl (C=O) groups is 2. The standard InChI is InChI=1S/C14H15BrFNO2/c1-10-6-12(16)11(15)7-13(10)17(9-19)5-4-14(8-18)2-3-14/h6-9H,2-5H2,1H3. The molecule has 1 amide bonds. The second-order valence-electron chi connectivity index (χ2n) is 5.08. The van der Waals surface area contributed by atoms with E-state index in [0.717, 1.165) is 25.5 Å². The van der Waals surface area contributed by atoms with Crippen LogP contribution in [0.4, 0.5) is 10.1 Å². The molecule has 0 unspecified atom stereocenters. The summed E-state index contributed by atoms with van der Waals surface area (Å²) in [6.07, 6.45) is 4.17. The van der Waals surface area contributed by atoms with E-state index in [1.165, 1.54) is 11.0 Å². The molecule has 0 aliphatic heterocycles. The van der Waals surface area contributed by atoms with Crippen molar-refractivity contribution in [3.8, 4) is 0 Å². The lowest BCUT2D eigenvalue weighted by Gasteiger charge is -2.21. The highest BCUT2D eigenvalue weighted by molar-refractivity contribution is 9.10. The van der Waals surface area contributed by atoms with Crippen molar-refractivity contribution in [1.82, 2.24) is 0 Å². The van der Waals surface area contributed by atoms with Gasteiger partial charge in [-0.05, 0) is 59.8 Å². The van der Waals surface area contributed by atoms with Crippen LogP contribution in [0.5, 0.6) is 0 Å². The minimum absolute atomic E-state index is 0.230. The molecule has 0 heterocycles. The van der Waals surface area contributed by atoms with Gasteiger partial charge in [-0.25, -0.2) is 4.39 Å². The van der Waals surface area contributed by atoms with Crippen molar-refractivity contribution in [1.29, 1.82) is 0 Å². The summed E-state index contributed by atoms with van der Waals surface area (Å²) < 4.78 is 13.7. The highest BCUT2D eigenvalue weighted by Gasteiger charge is 2.42. The van der Waals surface area contributed by atoms with E-state index in [-0.39, 0.29) is 11.2 Å². The highest BCUT2D eigenvalue weighted by Crippen LogP contribution is 2.46. The first kappa shape index (κ1) is 14.2. The third-order valence-electron chi connectivity index (χ3n) is 3.67. The molecule has 0 atom stereocenters. The van der Waals surface area contributed by atoms with Gasteiger partial charge in [0.1, 0.15) is 12.1 Å². The van der Waals surface area contributed by atoms with E-state index in [2.05, 4.69) is 15.9 Å². The average Bonchev–Trinajstić information content (AvgIpc) is 3.16. The molecule has 0 saturated heterocycles. The Bertz CT molecular complexity index is 514. The highest BCUT2D eigenvalue weighted by atomic mass is 79.9. The molecule has 0 radical (unpaired) electrons. The van der Waals surface area contributed by atoms with E-state index in [9.17, 15) is 14.0 Å². The van der Waals surface area contributed by atoms with Crippen LogP contribution >= 0.6 is 15.9 Å². The summed E-state index contributed by atoms with van der Waals surface area (Å²) in [6, 6.07) is 2.99. The first-order valence-electron chi connectivity index (χ1n) is 6.15. The van der Waals surface area contributed by atoms with Crippen LogP contribution in [0.3, 0.4) is 0 Å². The number of amides is 1. The molecule has 1 saturated carbocycles. The smallest absolute Gasteiger partial charge is 0.214 e. The van der Waals surface area contributed by atoms with Crippen molar-refractivity contribution in [2.75, 3.05) is 11.4 Å². The number of rotatable bonds is 6. The van der Waals surface area contributed by atoms with Crippen molar-refractivity contribution in [2.24, 2.45) is 5.41 Å². The number of benzene rings is 1. The van der Waals surface area contributed by atoms with Gasteiger partial charge < -0.3 is 9.69 Å². The van der Waals surface area contributed by atoms with Crippen LogP contribution in [0, 0.1) is 18.2 Å². The normalized spacial score (nSPS) is 15.9. The van der Waals surface area contributed by atoms with Gasteiger partial charge in [0.15, 0.2) is 0 Å². The van der Waals surface area contributed by atoms with Crippen LogP contribution in [-0.2, 0) is 9.59 Å². The molecule has 102 valence electrons. The summed E-state index contributed by atoms with van der Waals surface area (Å²) in [4.78, 5) is 23.7. The number of carbonyl (C=O) groups excluding carboxylic acids is 2. The number of hydrogen-bond acceptors (Lipinski definition) is 2. The lowest BCUT2D eigenvalue weighted by atomic mass is 10.0. The Labute approximate surface area is 119 Å². The van der Waals surface area contributed by atoms with E-state index < -0.39 is 0 Å². The van der Waals surface area contributed by atoms with Crippen LogP contribution < -0.4 is 4.90 Å². The van der Waals surface area contributed by atoms with Gasteiger partial charge in [0.25, 0.3) is 0 Å².